The Balaban J connectivity index is 1.31. The lowest BCUT2D eigenvalue weighted by Crippen LogP contribution is -2.71. The molecule has 228 valence electrons. The van der Waals surface area contributed by atoms with Gasteiger partial charge in [0.1, 0.15) is 5.75 Å². The zero-order chi connectivity index (χ0) is 30.8. The van der Waals surface area contributed by atoms with Gasteiger partial charge < -0.3 is 21.3 Å². The van der Waals surface area contributed by atoms with Crippen molar-refractivity contribution in [3.63, 3.8) is 0 Å². The minimum absolute atomic E-state index is 0.0371. The second kappa shape index (κ2) is 10.9. The van der Waals surface area contributed by atoms with Crippen LogP contribution in [0.4, 0.5) is 0 Å². The van der Waals surface area contributed by atoms with E-state index in [1.54, 1.807) is 13.8 Å². The highest BCUT2D eigenvalue weighted by atomic mass is 16.3. The van der Waals surface area contributed by atoms with Gasteiger partial charge in [-0.05, 0) is 66.7 Å². The van der Waals surface area contributed by atoms with Crippen LogP contribution < -0.4 is 11.1 Å². The van der Waals surface area contributed by atoms with Crippen molar-refractivity contribution >= 4 is 34.6 Å². The van der Waals surface area contributed by atoms with E-state index in [9.17, 15) is 34.2 Å². The number of nitrogens with two attached hydrogens (primary N) is 1. The molecule has 0 bridgehead atoms. The molecule has 9 nitrogen and oxygen atoms in total. The van der Waals surface area contributed by atoms with E-state index in [0.717, 1.165) is 17.7 Å². The van der Waals surface area contributed by atoms with Crippen LogP contribution in [0.5, 0.6) is 5.75 Å². The van der Waals surface area contributed by atoms with Crippen molar-refractivity contribution in [2.45, 2.75) is 76.9 Å². The number of rotatable bonds is 6. The number of Topliss-reactive ketones (excluding diaryl/α,β-unsaturated/α-hetero) is 4. The highest BCUT2D eigenvalue weighted by Gasteiger charge is 2.69. The molecule has 9 heteroatoms. The summed E-state index contributed by atoms with van der Waals surface area (Å²) in [7, 11) is 0. The molecular weight excluding hydrogens is 548 g/mol. The fourth-order valence-electron chi connectivity index (χ4n) is 8.62. The van der Waals surface area contributed by atoms with Gasteiger partial charge in [-0.1, -0.05) is 56.9 Å². The van der Waals surface area contributed by atoms with Crippen molar-refractivity contribution in [2.75, 3.05) is 6.54 Å². The Kier molecular flexibility index (Phi) is 7.53. The molecule has 0 aromatic heterocycles. The molecule has 2 unspecified atom stereocenters. The van der Waals surface area contributed by atoms with Gasteiger partial charge in [0.2, 0.25) is 5.91 Å². The summed E-state index contributed by atoms with van der Waals surface area (Å²) >= 11 is 0. The van der Waals surface area contributed by atoms with E-state index >= 15 is 0 Å². The number of allylic oxidation sites excluding steroid dienone is 3. The molecular formula is C34H40N2O7. The number of fused-ring (bicyclic) bond motifs is 3. The number of carbonyl (C=O) groups excluding carboxylic acids is 5. The number of aromatic hydroxyl groups is 1. The van der Waals surface area contributed by atoms with Crippen molar-refractivity contribution in [2.24, 2.45) is 41.2 Å². The minimum Gasteiger partial charge on any atom is -0.507 e. The van der Waals surface area contributed by atoms with E-state index < -0.39 is 64.2 Å². The van der Waals surface area contributed by atoms with E-state index in [2.05, 4.69) is 11.4 Å². The van der Waals surface area contributed by atoms with Crippen molar-refractivity contribution in [1.29, 1.82) is 0 Å². The lowest BCUT2D eigenvalue weighted by molar-refractivity contribution is -0.182. The van der Waals surface area contributed by atoms with Crippen LogP contribution in [0.3, 0.4) is 0 Å². The van der Waals surface area contributed by atoms with E-state index in [1.165, 1.54) is 43.7 Å². The largest absolute Gasteiger partial charge is 0.507 e. The lowest BCUT2D eigenvalue weighted by Gasteiger charge is -2.52. The Morgan fingerprint density at radius 1 is 1.07 bits per heavy atom. The highest BCUT2D eigenvalue weighted by Crippen LogP contribution is 2.53. The molecule has 0 radical (unpaired) electrons. The maximum Gasteiger partial charge on any atom is 0.235 e. The number of aliphatic hydroxyl groups is 1. The predicted molar refractivity (Wildman–Crippen MR) is 158 cm³/mol. The van der Waals surface area contributed by atoms with E-state index in [-0.39, 0.29) is 30.1 Å². The number of carbonyl (C=O) groups is 5. The van der Waals surface area contributed by atoms with Gasteiger partial charge in [0.15, 0.2) is 34.7 Å². The number of phenols is 1. The monoisotopic (exact) mass is 588 g/mol. The fourth-order valence-corrected chi connectivity index (χ4v) is 8.62. The predicted octanol–water partition coefficient (Wildman–Crippen LogP) is 2.84. The molecule has 1 aromatic rings. The number of nitrogens with one attached hydrogen (secondary N) is 1. The van der Waals surface area contributed by atoms with Crippen molar-refractivity contribution in [3.05, 3.63) is 46.5 Å². The quantitative estimate of drug-likeness (QED) is 0.369. The molecule has 3 saturated carbocycles. The molecule has 0 aliphatic heterocycles. The van der Waals surface area contributed by atoms with E-state index in [4.69, 9.17) is 5.73 Å². The van der Waals surface area contributed by atoms with Gasteiger partial charge in [0.25, 0.3) is 0 Å². The Hall–Kier alpha value is -3.43. The maximum atomic E-state index is 14.0. The second-order valence-corrected chi connectivity index (χ2v) is 13.5. The SMILES string of the molecule is CC(C)[C@@H]1C(=O)C(C(N)=O)C(=O)[C@@]2(O)C(=O)C3C(=O)c4c(O)ccc(C5=CC=C(CNC6CCCCC6)C5)c4C[C@H]3C[C@@H]12. The van der Waals surface area contributed by atoms with Crippen molar-refractivity contribution < 1.29 is 34.2 Å². The van der Waals surface area contributed by atoms with Crippen LogP contribution in [0, 0.1) is 35.5 Å². The molecule has 5 aliphatic rings. The first kappa shape index (κ1) is 29.6. The fraction of sp³-hybridized carbons (Fsp3) is 0.559. The first-order chi connectivity index (χ1) is 20.4. The van der Waals surface area contributed by atoms with Crippen molar-refractivity contribution in [1.82, 2.24) is 5.32 Å². The summed E-state index contributed by atoms with van der Waals surface area (Å²) in [5.74, 6) is -11.3. The Morgan fingerprint density at radius 2 is 1.79 bits per heavy atom. The number of hydrogen-bond acceptors (Lipinski definition) is 8. The number of ketones is 4. The number of amides is 1. The standard InChI is InChI=1S/C34H40N2O7/c1-16(2)25-23-14-19-13-22-21(18-9-8-17(12-18)15-36-20-6-4-3-5-7-20)10-11-24(37)27(22)30(39)26(19)31(40)34(23,43)32(41)28(29(25)38)33(35)42/h8-11,16,19-20,23,25-26,28,36-37,43H,3-7,12-15H2,1-2H3,(H2,35,42)/t19-,23-,25-,26?,28?,34-/m0/s1. The number of benzene rings is 1. The van der Waals surface area contributed by atoms with Gasteiger partial charge in [-0.3, -0.25) is 24.0 Å². The van der Waals surface area contributed by atoms with Crippen molar-refractivity contribution in [3.8, 4) is 5.75 Å². The number of phenolic OH excluding ortho intramolecular Hbond substituents is 1. The highest BCUT2D eigenvalue weighted by molar-refractivity contribution is 6.32. The van der Waals surface area contributed by atoms with Crippen LogP contribution in [-0.4, -0.2) is 57.4 Å². The number of hydrogen-bond donors (Lipinski definition) is 4. The third-order valence-electron chi connectivity index (χ3n) is 10.7. The zero-order valence-electron chi connectivity index (χ0n) is 24.7. The third kappa shape index (κ3) is 4.63. The molecule has 5 N–H and O–H groups in total. The van der Waals surface area contributed by atoms with Gasteiger partial charge >= 0.3 is 0 Å². The first-order valence-corrected chi connectivity index (χ1v) is 15.6. The first-order valence-electron chi connectivity index (χ1n) is 15.6. The normalized spacial score (nSPS) is 32.7. The smallest absolute Gasteiger partial charge is 0.235 e. The molecule has 0 saturated heterocycles. The average Bonchev–Trinajstić information content (AvgIpc) is 3.43. The van der Waals surface area contributed by atoms with Gasteiger partial charge in [0, 0.05) is 24.4 Å². The molecule has 6 atom stereocenters. The Morgan fingerprint density at radius 3 is 2.47 bits per heavy atom. The third-order valence-corrected chi connectivity index (χ3v) is 10.7. The molecule has 5 aliphatic carbocycles. The summed E-state index contributed by atoms with van der Waals surface area (Å²) in [5, 5.41) is 26.3. The summed E-state index contributed by atoms with van der Waals surface area (Å²) in [6, 6.07) is 3.80. The summed E-state index contributed by atoms with van der Waals surface area (Å²) < 4.78 is 0. The summed E-state index contributed by atoms with van der Waals surface area (Å²) in [6.45, 7) is 4.27. The van der Waals surface area contributed by atoms with Crippen LogP contribution in [0.15, 0.2) is 29.9 Å². The van der Waals surface area contributed by atoms with Crippen LogP contribution in [-0.2, 0) is 25.6 Å². The Labute approximate surface area is 251 Å². The number of primary amides is 1. The molecule has 6 rings (SSSR count). The summed E-state index contributed by atoms with van der Waals surface area (Å²) in [4.78, 5) is 67.0. The maximum absolute atomic E-state index is 14.0. The molecule has 3 fully saturated rings. The zero-order valence-corrected chi connectivity index (χ0v) is 24.7. The van der Waals surface area contributed by atoms with Crippen LogP contribution in [0.25, 0.3) is 5.57 Å². The van der Waals surface area contributed by atoms with E-state index in [0.29, 0.717) is 18.0 Å². The van der Waals surface area contributed by atoms with Gasteiger partial charge in [0.05, 0.1) is 11.5 Å². The molecule has 43 heavy (non-hydrogen) atoms. The van der Waals surface area contributed by atoms with Gasteiger partial charge in [-0.2, -0.15) is 0 Å². The summed E-state index contributed by atoms with van der Waals surface area (Å²) in [5.41, 5.74) is 6.51. The van der Waals surface area contributed by atoms with Crippen LogP contribution in [0.2, 0.25) is 0 Å². The molecule has 0 spiro atoms. The van der Waals surface area contributed by atoms with Gasteiger partial charge in [-0.25, -0.2) is 0 Å². The van der Waals surface area contributed by atoms with Crippen LogP contribution >= 0.6 is 0 Å². The Bertz CT molecular complexity index is 1480. The van der Waals surface area contributed by atoms with Gasteiger partial charge in [-0.15, -0.1) is 0 Å². The minimum atomic E-state index is -2.68. The summed E-state index contributed by atoms with van der Waals surface area (Å²) in [6.07, 6.45) is 11.4. The molecule has 1 aromatic carbocycles. The van der Waals surface area contributed by atoms with Crippen LogP contribution in [0.1, 0.15) is 80.3 Å². The van der Waals surface area contributed by atoms with E-state index in [1.807, 2.05) is 12.1 Å². The average molecular weight is 589 g/mol. The lowest BCUT2D eigenvalue weighted by atomic mass is 9.49. The molecule has 0 heterocycles. The topological polar surface area (TPSA) is 164 Å². The molecule has 1 amide bonds. The second-order valence-electron chi connectivity index (χ2n) is 13.5.